The van der Waals surface area contributed by atoms with Crippen LogP contribution in [0.5, 0.6) is 0 Å². The van der Waals surface area contributed by atoms with Gasteiger partial charge in [0.25, 0.3) is 5.69 Å². The van der Waals surface area contributed by atoms with Gasteiger partial charge in [-0.2, -0.15) is 5.10 Å². The highest BCUT2D eigenvalue weighted by Crippen LogP contribution is 2.21. The normalized spacial score (nSPS) is 14.8. The van der Waals surface area contributed by atoms with Gasteiger partial charge >= 0.3 is 0 Å². The lowest BCUT2D eigenvalue weighted by molar-refractivity contribution is -0.384. The van der Waals surface area contributed by atoms with E-state index in [1.807, 2.05) is 41.9 Å². The van der Waals surface area contributed by atoms with Gasteiger partial charge < -0.3 is 4.90 Å². The van der Waals surface area contributed by atoms with E-state index in [1.54, 1.807) is 12.1 Å². The molecule has 0 spiro atoms. The van der Waals surface area contributed by atoms with Crippen molar-refractivity contribution in [2.24, 2.45) is 0 Å². The lowest BCUT2D eigenvalue weighted by Crippen LogP contribution is -2.47. The van der Waals surface area contributed by atoms with Crippen LogP contribution in [0, 0.1) is 21.8 Å². The Morgan fingerprint density at radius 2 is 1.70 bits per heavy atom. The van der Waals surface area contributed by atoms with Crippen LogP contribution in [-0.2, 0) is 13.2 Å². The molecule has 0 atom stereocenters. The lowest BCUT2D eigenvalue weighted by atomic mass is 10.2. The molecule has 0 saturated carbocycles. The number of aryl methyl sites for hydroxylation is 1. The first kappa shape index (κ1) is 20.2. The molecule has 1 fully saturated rings. The van der Waals surface area contributed by atoms with Crippen molar-refractivity contribution >= 4 is 23.6 Å². The number of non-ortho nitro benzene ring substituents is 1. The van der Waals surface area contributed by atoms with Gasteiger partial charge in [-0.3, -0.25) is 19.6 Å². The van der Waals surface area contributed by atoms with E-state index in [1.165, 1.54) is 5.56 Å². The summed E-state index contributed by atoms with van der Waals surface area (Å²) in [7, 11) is 0. The zero-order chi connectivity index (χ0) is 21.1. The second-order valence-corrected chi connectivity index (χ2v) is 7.79. The number of nitrogens with zero attached hydrogens (tertiary/aromatic N) is 6. The van der Waals surface area contributed by atoms with Gasteiger partial charge in [0.1, 0.15) is 5.82 Å². The van der Waals surface area contributed by atoms with Crippen LogP contribution in [0.15, 0.2) is 54.6 Å². The Balaban J connectivity index is 1.38. The van der Waals surface area contributed by atoms with Gasteiger partial charge in [-0.05, 0) is 36.8 Å². The van der Waals surface area contributed by atoms with Crippen molar-refractivity contribution in [3.05, 3.63) is 80.9 Å². The van der Waals surface area contributed by atoms with Crippen LogP contribution < -0.4 is 4.90 Å². The minimum atomic E-state index is -0.371. The molecule has 0 bridgehead atoms. The molecular formula is C21H24N6O2S. The summed E-state index contributed by atoms with van der Waals surface area (Å²) in [6.07, 6.45) is 0. The molecule has 0 N–H and O–H groups in total. The molecule has 3 aromatic rings. The summed E-state index contributed by atoms with van der Waals surface area (Å²) in [5, 5.41) is 15.5. The van der Waals surface area contributed by atoms with Gasteiger partial charge in [0.05, 0.1) is 18.1 Å². The number of aromatic nitrogens is 3. The zero-order valence-electron chi connectivity index (χ0n) is 16.8. The molecule has 1 aliphatic heterocycles. The predicted octanol–water partition coefficient (Wildman–Crippen LogP) is 3.46. The smallest absolute Gasteiger partial charge is 0.269 e. The Morgan fingerprint density at radius 1 is 1.03 bits per heavy atom. The Labute approximate surface area is 180 Å². The average molecular weight is 425 g/mol. The Bertz CT molecular complexity index is 1070. The summed E-state index contributed by atoms with van der Waals surface area (Å²) < 4.78 is 4.70. The van der Waals surface area contributed by atoms with Gasteiger partial charge in [-0.1, -0.05) is 30.3 Å². The molecule has 0 amide bonds. The lowest BCUT2D eigenvalue weighted by Gasteiger charge is -2.35. The minimum Gasteiger partial charge on any atom is -0.369 e. The number of nitro groups is 1. The predicted molar refractivity (Wildman–Crippen MR) is 118 cm³/mol. The van der Waals surface area contributed by atoms with Crippen LogP contribution in [0.3, 0.4) is 0 Å². The van der Waals surface area contributed by atoms with E-state index in [2.05, 4.69) is 31.6 Å². The average Bonchev–Trinajstić information content (AvgIpc) is 3.02. The first-order chi connectivity index (χ1) is 14.5. The molecule has 156 valence electrons. The molecule has 8 nitrogen and oxygen atoms in total. The van der Waals surface area contributed by atoms with Crippen LogP contribution in [0.2, 0.25) is 0 Å². The van der Waals surface area contributed by atoms with Crippen molar-refractivity contribution in [3.8, 4) is 0 Å². The molecular weight excluding hydrogens is 400 g/mol. The molecule has 2 aromatic carbocycles. The number of piperazine rings is 1. The fourth-order valence-electron chi connectivity index (χ4n) is 3.71. The number of rotatable bonds is 6. The molecule has 1 aliphatic rings. The van der Waals surface area contributed by atoms with Crippen molar-refractivity contribution in [3.63, 3.8) is 0 Å². The first-order valence-electron chi connectivity index (χ1n) is 9.91. The van der Waals surface area contributed by atoms with E-state index < -0.39 is 0 Å². The summed E-state index contributed by atoms with van der Waals surface area (Å²) >= 11 is 5.68. The number of hydrogen-bond acceptors (Lipinski definition) is 6. The van der Waals surface area contributed by atoms with Crippen molar-refractivity contribution in [1.29, 1.82) is 0 Å². The van der Waals surface area contributed by atoms with Crippen LogP contribution in [-0.4, -0.2) is 50.3 Å². The van der Waals surface area contributed by atoms with Crippen molar-refractivity contribution in [1.82, 2.24) is 19.2 Å². The van der Waals surface area contributed by atoms with Gasteiger partial charge in [-0.25, -0.2) is 4.68 Å². The summed E-state index contributed by atoms with van der Waals surface area (Å²) in [6.45, 7) is 6.84. The third-order valence-corrected chi connectivity index (χ3v) is 5.85. The molecule has 0 radical (unpaired) electrons. The highest BCUT2D eigenvalue weighted by Gasteiger charge is 2.19. The Hall–Kier alpha value is -3.04. The molecule has 4 rings (SSSR count). The zero-order valence-corrected chi connectivity index (χ0v) is 17.7. The maximum Gasteiger partial charge on any atom is 0.269 e. The van der Waals surface area contributed by atoms with E-state index in [-0.39, 0.29) is 10.6 Å². The minimum absolute atomic E-state index is 0.119. The van der Waals surface area contributed by atoms with E-state index in [0.29, 0.717) is 6.67 Å². The van der Waals surface area contributed by atoms with E-state index >= 15 is 0 Å². The number of benzene rings is 2. The topological polar surface area (TPSA) is 72.4 Å². The fourth-order valence-corrected chi connectivity index (χ4v) is 4.01. The van der Waals surface area contributed by atoms with E-state index in [0.717, 1.165) is 49.0 Å². The van der Waals surface area contributed by atoms with E-state index in [4.69, 9.17) is 12.2 Å². The third-order valence-electron chi connectivity index (χ3n) is 5.42. The van der Waals surface area contributed by atoms with Gasteiger partial charge in [-0.15, -0.1) is 0 Å². The van der Waals surface area contributed by atoms with Crippen molar-refractivity contribution in [2.75, 3.05) is 31.1 Å². The maximum absolute atomic E-state index is 10.8. The van der Waals surface area contributed by atoms with Crippen molar-refractivity contribution in [2.45, 2.75) is 20.1 Å². The van der Waals surface area contributed by atoms with Crippen LogP contribution in [0.25, 0.3) is 0 Å². The molecule has 9 heteroatoms. The fraction of sp³-hybridized carbons (Fsp3) is 0.333. The Morgan fingerprint density at radius 3 is 2.33 bits per heavy atom. The molecule has 2 heterocycles. The second-order valence-electron chi connectivity index (χ2n) is 7.42. The first-order valence-corrected chi connectivity index (χ1v) is 10.3. The molecule has 1 saturated heterocycles. The second kappa shape index (κ2) is 8.76. The largest absolute Gasteiger partial charge is 0.369 e. The van der Waals surface area contributed by atoms with Crippen LogP contribution >= 0.6 is 12.2 Å². The van der Waals surface area contributed by atoms with Crippen LogP contribution in [0.4, 0.5) is 11.4 Å². The van der Waals surface area contributed by atoms with E-state index in [9.17, 15) is 10.1 Å². The SMILES string of the molecule is Cc1nn(CN2CCN(c3ccc([N+](=O)[O-])cc3)CC2)c(=S)n1Cc1ccccc1. The van der Waals surface area contributed by atoms with Crippen LogP contribution in [0.1, 0.15) is 11.4 Å². The maximum atomic E-state index is 10.8. The number of hydrogen-bond donors (Lipinski definition) is 0. The molecule has 0 unspecified atom stereocenters. The highest BCUT2D eigenvalue weighted by molar-refractivity contribution is 7.71. The van der Waals surface area contributed by atoms with Gasteiger partial charge in [0.15, 0.2) is 4.77 Å². The quantitative estimate of drug-likeness (QED) is 0.343. The monoisotopic (exact) mass is 424 g/mol. The van der Waals surface area contributed by atoms with Crippen molar-refractivity contribution < 1.29 is 4.92 Å². The Kier molecular flexibility index (Phi) is 5.91. The van der Waals surface area contributed by atoms with Gasteiger partial charge in [0.2, 0.25) is 0 Å². The molecule has 30 heavy (non-hydrogen) atoms. The summed E-state index contributed by atoms with van der Waals surface area (Å²) in [6, 6.07) is 17.0. The number of anilines is 1. The highest BCUT2D eigenvalue weighted by atomic mass is 32.1. The van der Waals surface area contributed by atoms with Gasteiger partial charge in [0, 0.05) is 44.0 Å². The summed E-state index contributed by atoms with van der Waals surface area (Å²) in [5.41, 5.74) is 2.33. The molecule has 1 aromatic heterocycles. The standard InChI is InChI=1S/C21H24N6O2S/c1-17-22-26(21(30)25(17)15-18-5-3-2-4-6-18)16-23-11-13-24(14-12-23)19-7-9-20(10-8-19)27(28)29/h2-10H,11-16H2,1H3. The third kappa shape index (κ3) is 4.42. The number of nitro benzene ring substituents is 1. The summed E-state index contributed by atoms with van der Waals surface area (Å²) in [4.78, 5) is 15.0. The molecule has 0 aliphatic carbocycles. The summed E-state index contributed by atoms with van der Waals surface area (Å²) in [5.74, 6) is 0.911.